The second kappa shape index (κ2) is 15.2. The van der Waals surface area contributed by atoms with E-state index in [2.05, 4.69) is 30.3 Å². The van der Waals surface area contributed by atoms with Crippen LogP contribution in [-0.2, 0) is 9.53 Å². The van der Waals surface area contributed by atoms with Gasteiger partial charge in [0, 0.05) is 13.3 Å². The number of ether oxygens (including phenoxy) is 1. The number of carbonyl (C=O) groups is 1. The molecule has 118 valence electrons. The van der Waals surface area contributed by atoms with E-state index in [1.807, 2.05) is 12.2 Å². The molecule has 0 unspecified atom stereocenters. The lowest BCUT2D eigenvalue weighted by atomic mass is 10.1. The summed E-state index contributed by atoms with van der Waals surface area (Å²) in [5.74, 6) is 10.7. The molecule has 0 aromatic rings. The molecule has 0 saturated heterocycles. The summed E-state index contributed by atoms with van der Waals surface area (Å²) < 4.78 is 4.70. The standard InChI is InChI=1S/C19H24O3/c1-3-4-5-12-15-19(21)16-13-10-8-6-7-9-11-14-17-22-18(2)20/h3,11,13-14,16,19,21H,1,4-5,10,12,15,17H2,2H3/b14-11+,16-13+/t19-/m1/s1. The topological polar surface area (TPSA) is 46.5 Å². The van der Waals surface area contributed by atoms with E-state index in [1.165, 1.54) is 6.92 Å². The van der Waals surface area contributed by atoms with Crippen LogP contribution in [0.15, 0.2) is 37.0 Å². The SMILES string of the molecule is C=CCCCC[C@@H](O)/C=C/CC#CC#C/C=C/COC(C)=O. The predicted molar refractivity (Wildman–Crippen MR) is 89.8 cm³/mol. The Bertz CT molecular complexity index is 492. The summed E-state index contributed by atoms with van der Waals surface area (Å²) in [7, 11) is 0. The van der Waals surface area contributed by atoms with Crippen LogP contribution in [0.1, 0.15) is 39.0 Å². The average molecular weight is 300 g/mol. The van der Waals surface area contributed by atoms with Crippen molar-refractivity contribution < 1.29 is 14.6 Å². The third-order valence-corrected chi connectivity index (χ3v) is 2.54. The molecule has 0 aromatic heterocycles. The van der Waals surface area contributed by atoms with Crippen LogP contribution < -0.4 is 0 Å². The lowest BCUT2D eigenvalue weighted by Gasteiger charge is -2.03. The quantitative estimate of drug-likeness (QED) is 0.308. The second-order valence-corrected chi connectivity index (χ2v) is 4.55. The molecule has 0 aliphatic rings. The first kappa shape index (κ1) is 19.8. The first-order valence-electron chi connectivity index (χ1n) is 7.39. The molecule has 0 amide bonds. The Kier molecular flexibility index (Phi) is 13.6. The van der Waals surface area contributed by atoms with Crippen molar-refractivity contribution in [1.82, 2.24) is 0 Å². The Hall–Kier alpha value is -2.23. The summed E-state index contributed by atoms with van der Waals surface area (Å²) in [6.45, 7) is 5.25. The summed E-state index contributed by atoms with van der Waals surface area (Å²) in [4.78, 5) is 10.5. The highest BCUT2D eigenvalue weighted by Gasteiger charge is 1.96. The van der Waals surface area contributed by atoms with Crippen molar-refractivity contribution in [2.75, 3.05) is 6.61 Å². The molecular weight excluding hydrogens is 276 g/mol. The van der Waals surface area contributed by atoms with Crippen molar-refractivity contribution in [3.05, 3.63) is 37.0 Å². The monoisotopic (exact) mass is 300 g/mol. The van der Waals surface area contributed by atoms with E-state index >= 15 is 0 Å². The van der Waals surface area contributed by atoms with Gasteiger partial charge in [0.1, 0.15) is 6.61 Å². The fourth-order valence-electron chi connectivity index (χ4n) is 1.47. The maximum Gasteiger partial charge on any atom is 0.302 e. The highest BCUT2D eigenvalue weighted by molar-refractivity contribution is 5.66. The zero-order chi connectivity index (χ0) is 16.5. The molecule has 0 heterocycles. The largest absolute Gasteiger partial charge is 0.462 e. The molecule has 3 heteroatoms. The first-order chi connectivity index (χ1) is 10.7. The number of allylic oxidation sites excluding steroid dienone is 3. The highest BCUT2D eigenvalue weighted by atomic mass is 16.5. The molecular formula is C19H24O3. The number of hydrogen-bond acceptors (Lipinski definition) is 3. The molecule has 0 spiro atoms. The Labute approximate surface area is 133 Å². The summed E-state index contributed by atoms with van der Waals surface area (Å²) in [5.41, 5.74) is 0. The molecule has 22 heavy (non-hydrogen) atoms. The van der Waals surface area contributed by atoms with Gasteiger partial charge in [-0.05, 0) is 43.3 Å². The van der Waals surface area contributed by atoms with Crippen LogP contribution in [0.2, 0.25) is 0 Å². The van der Waals surface area contributed by atoms with Gasteiger partial charge in [0.15, 0.2) is 0 Å². The molecule has 0 fully saturated rings. The van der Waals surface area contributed by atoms with Crippen LogP contribution in [0, 0.1) is 23.7 Å². The van der Waals surface area contributed by atoms with E-state index < -0.39 is 6.10 Å². The summed E-state index contributed by atoms with van der Waals surface area (Å²) >= 11 is 0. The van der Waals surface area contributed by atoms with Crippen LogP contribution in [-0.4, -0.2) is 23.8 Å². The molecule has 1 atom stereocenters. The number of esters is 1. The molecule has 0 aliphatic heterocycles. The van der Waals surface area contributed by atoms with Crippen molar-refractivity contribution in [3.8, 4) is 23.7 Å². The van der Waals surface area contributed by atoms with E-state index in [0.717, 1.165) is 25.7 Å². The highest BCUT2D eigenvalue weighted by Crippen LogP contribution is 2.05. The number of hydrogen-bond donors (Lipinski definition) is 1. The van der Waals surface area contributed by atoms with Crippen LogP contribution in [0.25, 0.3) is 0 Å². The van der Waals surface area contributed by atoms with Gasteiger partial charge >= 0.3 is 5.97 Å². The van der Waals surface area contributed by atoms with Crippen molar-refractivity contribution in [2.24, 2.45) is 0 Å². The van der Waals surface area contributed by atoms with Gasteiger partial charge < -0.3 is 9.84 Å². The molecule has 0 bridgehead atoms. The molecule has 1 N–H and O–H groups in total. The summed E-state index contributed by atoms with van der Waals surface area (Å²) in [6, 6.07) is 0. The Balaban J connectivity index is 3.76. The van der Waals surface area contributed by atoms with Gasteiger partial charge in [-0.2, -0.15) is 0 Å². The van der Waals surface area contributed by atoms with Crippen LogP contribution >= 0.6 is 0 Å². The normalized spacial score (nSPS) is 11.4. The van der Waals surface area contributed by atoms with Crippen LogP contribution in [0.3, 0.4) is 0 Å². The Morgan fingerprint density at radius 1 is 1.32 bits per heavy atom. The van der Waals surface area contributed by atoms with Gasteiger partial charge in [-0.25, -0.2) is 0 Å². The van der Waals surface area contributed by atoms with Crippen LogP contribution in [0.5, 0.6) is 0 Å². The van der Waals surface area contributed by atoms with Crippen molar-refractivity contribution in [1.29, 1.82) is 0 Å². The number of aliphatic hydroxyl groups excluding tert-OH is 1. The van der Waals surface area contributed by atoms with Gasteiger partial charge in [0.05, 0.1) is 6.10 Å². The second-order valence-electron chi connectivity index (χ2n) is 4.55. The van der Waals surface area contributed by atoms with E-state index in [-0.39, 0.29) is 12.6 Å². The van der Waals surface area contributed by atoms with Gasteiger partial charge in [0.25, 0.3) is 0 Å². The van der Waals surface area contributed by atoms with E-state index in [4.69, 9.17) is 4.74 Å². The lowest BCUT2D eigenvalue weighted by Crippen LogP contribution is -2.01. The molecule has 0 rings (SSSR count). The summed E-state index contributed by atoms with van der Waals surface area (Å²) in [5, 5.41) is 9.68. The van der Waals surface area contributed by atoms with Gasteiger partial charge in [0.2, 0.25) is 0 Å². The zero-order valence-electron chi connectivity index (χ0n) is 13.2. The fourth-order valence-corrected chi connectivity index (χ4v) is 1.47. The molecule has 3 nitrogen and oxygen atoms in total. The maximum atomic E-state index is 10.5. The third kappa shape index (κ3) is 15.8. The molecule has 0 saturated carbocycles. The lowest BCUT2D eigenvalue weighted by molar-refractivity contribution is -0.139. The predicted octanol–water partition coefficient (Wildman–Crippen LogP) is 3.17. The van der Waals surface area contributed by atoms with Crippen molar-refractivity contribution >= 4 is 5.97 Å². The minimum Gasteiger partial charge on any atom is -0.462 e. The number of carbonyl (C=O) groups excluding carboxylic acids is 1. The van der Waals surface area contributed by atoms with E-state index in [1.54, 1.807) is 18.2 Å². The van der Waals surface area contributed by atoms with Crippen molar-refractivity contribution in [3.63, 3.8) is 0 Å². The Morgan fingerprint density at radius 3 is 2.86 bits per heavy atom. The number of unbranched alkanes of at least 4 members (excludes halogenated alkanes) is 2. The smallest absolute Gasteiger partial charge is 0.302 e. The third-order valence-electron chi connectivity index (χ3n) is 2.54. The zero-order valence-corrected chi connectivity index (χ0v) is 13.2. The minimum absolute atomic E-state index is 0.227. The number of aliphatic hydroxyl groups is 1. The van der Waals surface area contributed by atoms with Gasteiger partial charge in [-0.15, -0.1) is 6.58 Å². The molecule has 0 aliphatic carbocycles. The summed E-state index contributed by atoms with van der Waals surface area (Å²) in [6.07, 6.45) is 12.8. The van der Waals surface area contributed by atoms with E-state index in [0.29, 0.717) is 6.42 Å². The maximum absolute atomic E-state index is 10.5. The van der Waals surface area contributed by atoms with E-state index in [9.17, 15) is 9.90 Å². The fraction of sp³-hybridized carbons (Fsp3) is 0.421. The van der Waals surface area contributed by atoms with Gasteiger partial charge in [-0.3, -0.25) is 4.79 Å². The average Bonchev–Trinajstić information content (AvgIpc) is 2.49. The minimum atomic E-state index is -0.401. The Morgan fingerprint density at radius 2 is 2.14 bits per heavy atom. The molecule has 0 aromatic carbocycles. The van der Waals surface area contributed by atoms with Gasteiger partial charge in [-0.1, -0.05) is 36.5 Å². The molecule has 0 radical (unpaired) electrons. The van der Waals surface area contributed by atoms with Crippen molar-refractivity contribution in [2.45, 2.75) is 45.1 Å². The first-order valence-corrected chi connectivity index (χ1v) is 7.39. The van der Waals surface area contributed by atoms with Crippen LogP contribution in [0.4, 0.5) is 0 Å². The number of rotatable bonds is 9.